The fraction of sp³-hybridized carbons (Fsp3) is 0. The molecule has 0 saturated carbocycles. The van der Waals surface area contributed by atoms with E-state index in [1.807, 2.05) is 12.1 Å². The zero-order valence-corrected chi connectivity index (χ0v) is 7.88. The first-order chi connectivity index (χ1) is 7.38. The van der Waals surface area contributed by atoms with Crippen LogP contribution >= 0.6 is 0 Å². The molecule has 0 atom stereocenters. The van der Waals surface area contributed by atoms with Gasteiger partial charge < -0.3 is 5.32 Å². The highest BCUT2D eigenvalue weighted by molar-refractivity contribution is 5.57. The van der Waals surface area contributed by atoms with Gasteiger partial charge >= 0.3 is 0 Å². The molecular weight excluding hydrogens is 192 g/mol. The Hall–Kier alpha value is -2.14. The normalized spacial score (nSPS) is 9.67. The molecule has 0 aliphatic carbocycles. The molecule has 0 spiro atoms. The highest BCUT2D eigenvalue weighted by Crippen LogP contribution is 2.15. The lowest BCUT2D eigenvalue weighted by molar-refractivity contribution is 0.389. The maximum Gasteiger partial charge on any atom is 0.227 e. The summed E-state index contributed by atoms with van der Waals surface area (Å²) in [5.41, 5.74) is 3.55. The number of rotatable bonds is 3. The van der Waals surface area contributed by atoms with Crippen molar-refractivity contribution in [3.63, 3.8) is 0 Å². The molecule has 1 aromatic carbocycles. The molecule has 76 valence electrons. The molecule has 0 unspecified atom stereocenters. The van der Waals surface area contributed by atoms with Crippen molar-refractivity contribution in [1.29, 1.82) is 0 Å². The molecule has 1 aromatic heterocycles. The van der Waals surface area contributed by atoms with Crippen molar-refractivity contribution in [2.75, 3.05) is 10.8 Å². The third kappa shape index (κ3) is 2.41. The largest absolute Gasteiger partial charge is 0.324 e. The molecule has 15 heavy (non-hydrogen) atoms. The lowest BCUT2D eigenvalue weighted by Crippen LogP contribution is -1.96. The zero-order chi connectivity index (χ0) is 10.5. The number of hydrogen-bond donors (Lipinski definition) is 3. The van der Waals surface area contributed by atoms with Crippen LogP contribution in [0.3, 0.4) is 0 Å². The highest BCUT2D eigenvalue weighted by atomic mass is 16.5. The van der Waals surface area contributed by atoms with E-state index in [1.54, 1.807) is 30.6 Å². The highest BCUT2D eigenvalue weighted by Gasteiger charge is 1.95. The molecule has 0 saturated heterocycles. The summed E-state index contributed by atoms with van der Waals surface area (Å²) < 4.78 is 0. The third-order valence-corrected chi connectivity index (χ3v) is 1.84. The van der Waals surface area contributed by atoms with Crippen molar-refractivity contribution in [3.8, 4) is 0 Å². The number of anilines is 3. The second kappa shape index (κ2) is 4.39. The van der Waals surface area contributed by atoms with E-state index in [4.69, 9.17) is 5.21 Å². The van der Waals surface area contributed by atoms with E-state index in [1.165, 1.54) is 0 Å². The van der Waals surface area contributed by atoms with Gasteiger partial charge in [0.2, 0.25) is 5.95 Å². The summed E-state index contributed by atoms with van der Waals surface area (Å²) in [6.07, 6.45) is 3.33. The Kier molecular flexibility index (Phi) is 2.75. The average molecular weight is 202 g/mol. The van der Waals surface area contributed by atoms with Crippen molar-refractivity contribution >= 4 is 17.3 Å². The molecule has 5 heteroatoms. The van der Waals surface area contributed by atoms with Crippen LogP contribution in [-0.4, -0.2) is 15.2 Å². The Bertz CT molecular complexity index is 415. The summed E-state index contributed by atoms with van der Waals surface area (Å²) in [4.78, 5) is 8.06. The fourth-order valence-corrected chi connectivity index (χ4v) is 1.12. The lowest BCUT2D eigenvalue weighted by atomic mass is 10.3. The predicted octanol–water partition coefficient (Wildman–Crippen LogP) is 2.02. The molecule has 2 rings (SSSR count). The Morgan fingerprint density at radius 3 is 2.13 bits per heavy atom. The second-order valence-electron chi connectivity index (χ2n) is 2.89. The first kappa shape index (κ1) is 9.42. The molecule has 3 N–H and O–H groups in total. The van der Waals surface area contributed by atoms with Crippen LogP contribution in [0.15, 0.2) is 42.7 Å². The van der Waals surface area contributed by atoms with E-state index in [-0.39, 0.29) is 0 Å². The van der Waals surface area contributed by atoms with Crippen LogP contribution in [0.5, 0.6) is 0 Å². The molecule has 0 radical (unpaired) electrons. The second-order valence-corrected chi connectivity index (χ2v) is 2.89. The Balaban J connectivity index is 2.11. The molecule has 0 aliphatic rings. The van der Waals surface area contributed by atoms with Gasteiger partial charge in [0.15, 0.2) is 0 Å². The first-order valence-corrected chi connectivity index (χ1v) is 4.43. The van der Waals surface area contributed by atoms with Gasteiger partial charge in [-0.2, -0.15) is 0 Å². The SMILES string of the molecule is ONc1ccc(Nc2ncccn2)cc1. The van der Waals surface area contributed by atoms with E-state index in [0.29, 0.717) is 11.6 Å². The molecule has 0 aliphatic heterocycles. The number of hydrogen-bond acceptors (Lipinski definition) is 5. The summed E-state index contributed by atoms with van der Waals surface area (Å²) in [5, 5.41) is 11.6. The number of nitrogens with one attached hydrogen (secondary N) is 2. The first-order valence-electron chi connectivity index (χ1n) is 4.43. The zero-order valence-electron chi connectivity index (χ0n) is 7.88. The standard InChI is InChI=1S/C10H10N4O/c15-14-9-4-2-8(3-5-9)13-10-11-6-1-7-12-10/h1-7,14-15H,(H,11,12,13). The van der Waals surface area contributed by atoms with E-state index >= 15 is 0 Å². The lowest BCUT2D eigenvalue weighted by Gasteiger charge is -2.04. The molecular formula is C10H10N4O. The van der Waals surface area contributed by atoms with Crippen LogP contribution < -0.4 is 10.8 Å². The van der Waals surface area contributed by atoms with Crippen LogP contribution in [0.1, 0.15) is 0 Å². The van der Waals surface area contributed by atoms with Crippen LogP contribution in [0, 0.1) is 0 Å². The molecule has 0 amide bonds. The van der Waals surface area contributed by atoms with Crippen molar-refractivity contribution in [1.82, 2.24) is 9.97 Å². The van der Waals surface area contributed by atoms with E-state index in [2.05, 4.69) is 20.8 Å². The minimum absolute atomic E-state index is 0.544. The van der Waals surface area contributed by atoms with Gasteiger partial charge in [0.05, 0.1) is 5.69 Å². The quantitative estimate of drug-likeness (QED) is 0.664. The minimum Gasteiger partial charge on any atom is -0.324 e. The smallest absolute Gasteiger partial charge is 0.227 e. The van der Waals surface area contributed by atoms with Gasteiger partial charge in [-0.1, -0.05) is 0 Å². The van der Waals surface area contributed by atoms with Gasteiger partial charge in [0.1, 0.15) is 0 Å². The van der Waals surface area contributed by atoms with Crippen molar-refractivity contribution in [2.24, 2.45) is 0 Å². The van der Waals surface area contributed by atoms with E-state index < -0.39 is 0 Å². The van der Waals surface area contributed by atoms with Gasteiger partial charge in [0, 0.05) is 18.1 Å². The number of nitrogens with zero attached hydrogens (tertiary/aromatic N) is 2. The summed E-state index contributed by atoms with van der Waals surface area (Å²) in [5.74, 6) is 0.544. The monoisotopic (exact) mass is 202 g/mol. The summed E-state index contributed by atoms with van der Waals surface area (Å²) in [6, 6.07) is 8.87. The topological polar surface area (TPSA) is 70.1 Å². The fourth-order valence-electron chi connectivity index (χ4n) is 1.12. The van der Waals surface area contributed by atoms with Gasteiger partial charge in [-0.15, -0.1) is 0 Å². The van der Waals surface area contributed by atoms with Gasteiger partial charge in [-0.05, 0) is 30.3 Å². The van der Waals surface area contributed by atoms with Gasteiger partial charge in [0.25, 0.3) is 0 Å². The van der Waals surface area contributed by atoms with Crippen LogP contribution in [-0.2, 0) is 0 Å². The number of aromatic nitrogens is 2. The molecule has 2 aromatic rings. The van der Waals surface area contributed by atoms with Crippen molar-refractivity contribution in [3.05, 3.63) is 42.7 Å². The summed E-state index contributed by atoms with van der Waals surface area (Å²) >= 11 is 0. The molecule has 0 fully saturated rings. The number of benzene rings is 1. The predicted molar refractivity (Wildman–Crippen MR) is 57.2 cm³/mol. The molecule has 1 heterocycles. The Morgan fingerprint density at radius 2 is 1.53 bits per heavy atom. The Morgan fingerprint density at radius 1 is 0.933 bits per heavy atom. The molecule has 5 nitrogen and oxygen atoms in total. The Labute approximate surface area is 86.8 Å². The van der Waals surface area contributed by atoms with Crippen LogP contribution in [0.2, 0.25) is 0 Å². The van der Waals surface area contributed by atoms with Gasteiger partial charge in [-0.25, -0.2) is 9.97 Å². The average Bonchev–Trinajstić information content (AvgIpc) is 2.31. The van der Waals surface area contributed by atoms with Gasteiger partial charge in [-0.3, -0.25) is 10.7 Å². The maximum atomic E-state index is 8.62. The van der Waals surface area contributed by atoms with E-state index in [9.17, 15) is 0 Å². The van der Waals surface area contributed by atoms with E-state index in [0.717, 1.165) is 5.69 Å². The maximum absolute atomic E-state index is 8.62. The van der Waals surface area contributed by atoms with Crippen molar-refractivity contribution < 1.29 is 5.21 Å². The summed E-state index contributed by atoms with van der Waals surface area (Å²) in [6.45, 7) is 0. The summed E-state index contributed by atoms with van der Waals surface area (Å²) in [7, 11) is 0. The third-order valence-electron chi connectivity index (χ3n) is 1.84. The molecule has 0 bridgehead atoms. The van der Waals surface area contributed by atoms with Crippen molar-refractivity contribution in [2.45, 2.75) is 0 Å². The van der Waals surface area contributed by atoms with Crippen LogP contribution in [0.4, 0.5) is 17.3 Å². The van der Waals surface area contributed by atoms with Crippen LogP contribution in [0.25, 0.3) is 0 Å². The minimum atomic E-state index is 0.544.